The maximum absolute atomic E-state index is 13.9. The Morgan fingerprint density at radius 3 is 2.57 bits per heavy atom. The first kappa shape index (κ1) is 24.9. The van der Waals surface area contributed by atoms with Crippen molar-refractivity contribution in [1.82, 2.24) is 24.4 Å². The van der Waals surface area contributed by atoms with Gasteiger partial charge in [0.25, 0.3) is 0 Å². The molecule has 1 aliphatic rings. The number of aromatic nitrogens is 4. The van der Waals surface area contributed by atoms with Crippen molar-refractivity contribution in [3.05, 3.63) is 35.9 Å². The summed E-state index contributed by atoms with van der Waals surface area (Å²) in [6.07, 6.45) is -0.174. The van der Waals surface area contributed by atoms with Crippen molar-refractivity contribution in [2.24, 2.45) is 13.0 Å². The van der Waals surface area contributed by atoms with Crippen molar-refractivity contribution in [3.63, 3.8) is 0 Å². The number of rotatable bonds is 6. The summed E-state index contributed by atoms with van der Waals surface area (Å²) in [4.78, 5) is 14.4. The van der Waals surface area contributed by atoms with Crippen LogP contribution in [0.15, 0.2) is 24.5 Å². The van der Waals surface area contributed by atoms with Crippen LogP contribution in [0, 0.1) is 17.2 Å². The lowest BCUT2D eigenvalue weighted by Gasteiger charge is -2.35. The molecule has 4 rings (SSSR count). The largest absolute Gasteiger partial charge is 0.477 e. The van der Waals surface area contributed by atoms with Gasteiger partial charge in [0.15, 0.2) is 0 Å². The highest BCUT2D eigenvalue weighted by Crippen LogP contribution is 2.38. The number of aliphatic hydroxyl groups is 1. The van der Waals surface area contributed by atoms with Crippen molar-refractivity contribution in [2.75, 3.05) is 26.2 Å². The van der Waals surface area contributed by atoms with Gasteiger partial charge in [0.1, 0.15) is 17.3 Å². The first-order valence-electron chi connectivity index (χ1n) is 11.3. The van der Waals surface area contributed by atoms with Gasteiger partial charge in [-0.05, 0) is 57.8 Å². The second kappa shape index (κ2) is 9.43. The number of piperidine rings is 1. The van der Waals surface area contributed by atoms with Crippen molar-refractivity contribution in [2.45, 2.75) is 38.5 Å². The first-order chi connectivity index (χ1) is 16.4. The van der Waals surface area contributed by atoms with E-state index in [4.69, 9.17) is 4.74 Å². The average Bonchev–Trinajstić information content (AvgIpc) is 3.17. The topological polar surface area (TPSA) is 100 Å². The lowest BCUT2D eigenvalue weighted by molar-refractivity contribution is -0.139. The van der Waals surface area contributed by atoms with Crippen molar-refractivity contribution in [3.8, 4) is 23.2 Å². The van der Waals surface area contributed by atoms with Gasteiger partial charge in [-0.15, -0.1) is 0 Å². The Labute approximate surface area is 201 Å². The SMILES string of the molecule is Cn1ccc2c(-c3cnc(OCC4CCN(CC(C)(C)O)CC4)c(C(F)(F)F)c3)nc(C#N)nc21. The van der Waals surface area contributed by atoms with E-state index in [0.717, 1.165) is 32.0 Å². The molecule has 3 aromatic heterocycles. The minimum Gasteiger partial charge on any atom is -0.477 e. The fraction of sp³-hybridized carbons (Fsp3) is 0.500. The zero-order valence-electron chi connectivity index (χ0n) is 19.8. The summed E-state index contributed by atoms with van der Waals surface area (Å²) in [5.74, 6) is -0.516. The molecule has 0 saturated carbocycles. The molecule has 0 spiro atoms. The molecule has 0 amide bonds. The molecule has 4 heterocycles. The molecule has 3 aromatic rings. The predicted molar refractivity (Wildman–Crippen MR) is 122 cm³/mol. The summed E-state index contributed by atoms with van der Waals surface area (Å²) in [6.45, 7) is 5.67. The number of hydrogen-bond acceptors (Lipinski definition) is 7. The lowest BCUT2D eigenvalue weighted by atomic mass is 9.96. The monoisotopic (exact) mass is 488 g/mol. The number of likely N-dealkylation sites (tertiary alicyclic amines) is 1. The van der Waals surface area contributed by atoms with Crippen LogP contribution in [0.4, 0.5) is 13.2 Å². The minimum absolute atomic E-state index is 0.0969. The van der Waals surface area contributed by atoms with E-state index in [-0.39, 0.29) is 29.6 Å². The number of ether oxygens (including phenoxy) is 1. The second-order valence-electron chi connectivity index (χ2n) is 9.59. The number of alkyl halides is 3. The van der Waals surface area contributed by atoms with Gasteiger partial charge in [-0.1, -0.05) is 0 Å². The van der Waals surface area contributed by atoms with Gasteiger partial charge in [0, 0.05) is 36.9 Å². The number of nitriles is 1. The number of fused-ring (bicyclic) bond motifs is 1. The van der Waals surface area contributed by atoms with E-state index in [1.165, 1.54) is 6.20 Å². The second-order valence-corrected chi connectivity index (χ2v) is 9.59. The molecule has 0 radical (unpaired) electrons. The zero-order valence-corrected chi connectivity index (χ0v) is 19.8. The van der Waals surface area contributed by atoms with E-state index < -0.39 is 23.2 Å². The van der Waals surface area contributed by atoms with E-state index >= 15 is 0 Å². The maximum Gasteiger partial charge on any atom is 0.421 e. The van der Waals surface area contributed by atoms with E-state index in [0.29, 0.717) is 17.6 Å². The Morgan fingerprint density at radius 2 is 1.94 bits per heavy atom. The first-order valence-corrected chi connectivity index (χ1v) is 11.3. The molecule has 11 heteroatoms. The molecular weight excluding hydrogens is 461 g/mol. The number of nitrogens with zero attached hydrogens (tertiary/aromatic N) is 6. The van der Waals surface area contributed by atoms with E-state index in [1.807, 2.05) is 6.07 Å². The van der Waals surface area contributed by atoms with Gasteiger partial charge in [0.05, 0.1) is 17.9 Å². The summed E-state index contributed by atoms with van der Waals surface area (Å²) < 4.78 is 49.1. The number of β-amino-alcohol motifs (C(OH)–C–C–N with tert-alkyl or cyclic N) is 1. The molecule has 0 aromatic carbocycles. The molecule has 35 heavy (non-hydrogen) atoms. The zero-order chi connectivity index (χ0) is 25.4. The standard InChI is InChI=1S/C24H27F3N6O2/c1-23(2,34)14-33-8-4-15(5-9-33)13-35-22-18(24(25,26)27)10-16(12-29-22)20-17-6-7-32(3)21(17)31-19(11-28)30-20/h6-7,10,12,15,34H,4-5,8-9,13-14H2,1-3H3. The van der Waals surface area contributed by atoms with Crippen molar-refractivity contribution >= 4 is 11.0 Å². The molecule has 0 unspecified atom stereocenters. The lowest BCUT2D eigenvalue weighted by Crippen LogP contribution is -2.43. The molecule has 186 valence electrons. The molecule has 1 fully saturated rings. The van der Waals surface area contributed by atoms with Gasteiger partial charge in [0.2, 0.25) is 11.7 Å². The molecular formula is C24H27F3N6O2. The molecule has 1 aliphatic heterocycles. The predicted octanol–water partition coefficient (Wildman–Crippen LogP) is 3.78. The van der Waals surface area contributed by atoms with Crippen LogP contribution in [-0.2, 0) is 13.2 Å². The number of halogens is 3. The van der Waals surface area contributed by atoms with E-state index in [9.17, 15) is 23.5 Å². The summed E-state index contributed by atoms with van der Waals surface area (Å²) in [7, 11) is 1.73. The highest BCUT2D eigenvalue weighted by atomic mass is 19.4. The van der Waals surface area contributed by atoms with Crippen molar-refractivity contribution in [1.29, 1.82) is 5.26 Å². The number of aryl methyl sites for hydroxylation is 1. The van der Waals surface area contributed by atoms with Crippen LogP contribution in [0.5, 0.6) is 5.88 Å². The minimum atomic E-state index is -4.69. The van der Waals surface area contributed by atoms with Crippen LogP contribution in [0.1, 0.15) is 38.1 Å². The van der Waals surface area contributed by atoms with E-state index in [2.05, 4.69) is 19.9 Å². The summed E-state index contributed by atoms with van der Waals surface area (Å²) in [5.41, 5.74) is -1.01. The number of pyridine rings is 1. The van der Waals surface area contributed by atoms with Gasteiger partial charge in [-0.25, -0.2) is 15.0 Å². The van der Waals surface area contributed by atoms with Crippen LogP contribution in [0.25, 0.3) is 22.3 Å². The molecule has 0 aliphatic carbocycles. The van der Waals surface area contributed by atoms with Crippen molar-refractivity contribution < 1.29 is 23.0 Å². The van der Waals surface area contributed by atoms with Gasteiger partial charge in [-0.2, -0.15) is 18.4 Å². The average molecular weight is 489 g/mol. The molecule has 8 nitrogen and oxygen atoms in total. The summed E-state index contributed by atoms with van der Waals surface area (Å²) >= 11 is 0. The molecule has 1 saturated heterocycles. The van der Waals surface area contributed by atoms with Crippen LogP contribution < -0.4 is 4.74 Å². The quantitative estimate of drug-likeness (QED) is 0.564. The highest BCUT2D eigenvalue weighted by molar-refractivity contribution is 5.91. The van der Waals surface area contributed by atoms with Crippen LogP contribution >= 0.6 is 0 Å². The Balaban J connectivity index is 1.56. The Bertz CT molecular complexity index is 1250. The third-order valence-corrected chi connectivity index (χ3v) is 6.03. The maximum atomic E-state index is 13.9. The Hall–Kier alpha value is -3.23. The number of hydrogen-bond donors (Lipinski definition) is 1. The summed E-state index contributed by atoms with van der Waals surface area (Å²) in [6, 6.07) is 4.51. The van der Waals surface area contributed by atoms with Crippen LogP contribution in [0.2, 0.25) is 0 Å². The Morgan fingerprint density at radius 1 is 1.23 bits per heavy atom. The van der Waals surface area contributed by atoms with Gasteiger partial charge in [-0.3, -0.25) is 0 Å². The fourth-order valence-corrected chi connectivity index (χ4v) is 4.36. The smallest absolute Gasteiger partial charge is 0.421 e. The molecule has 0 atom stereocenters. The van der Waals surface area contributed by atoms with Crippen LogP contribution in [0.3, 0.4) is 0 Å². The van der Waals surface area contributed by atoms with E-state index in [1.54, 1.807) is 37.7 Å². The Kier molecular flexibility index (Phi) is 6.71. The molecule has 0 bridgehead atoms. The van der Waals surface area contributed by atoms with Gasteiger partial charge >= 0.3 is 6.18 Å². The third kappa shape index (κ3) is 5.71. The fourth-order valence-electron chi connectivity index (χ4n) is 4.36. The third-order valence-electron chi connectivity index (χ3n) is 6.03. The van der Waals surface area contributed by atoms with Crippen LogP contribution in [-0.4, -0.2) is 61.4 Å². The highest BCUT2D eigenvalue weighted by Gasteiger charge is 2.36. The molecule has 1 N–H and O–H groups in total. The normalized spacial score (nSPS) is 15.9. The van der Waals surface area contributed by atoms with Gasteiger partial charge < -0.3 is 19.3 Å². The summed E-state index contributed by atoms with van der Waals surface area (Å²) in [5, 5.41) is 19.8.